The summed E-state index contributed by atoms with van der Waals surface area (Å²) in [5, 5.41) is 7.02. The minimum absolute atomic E-state index is 0.544. The van der Waals surface area contributed by atoms with Gasteiger partial charge in [-0.25, -0.2) is 0 Å². The van der Waals surface area contributed by atoms with Crippen molar-refractivity contribution >= 4 is 11.4 Å². The smallest absolute Gasteiger partial charge is 0.0578 e. The number of hydrogen-bond acceptors (Lipinski definition) is 3. The largest absolute Gasteiger partial charge is 0.381 e. The van der Waals surface area contributed by atoms with Crippen molar-refractivity contribution in [2.75, 3.05) is 37.8 Å². The Labute approximate surface area is 91.5 Å². The molecular weight excluding hydrogens is 186 g/mol. The molecule has 0 aliphatic carbocycles. The Morgan fingerprint density at radius 2 is 2.00 bits per heavy atom. The lowest BCUT2D eigenvalue weighted by atomic mass is 10.1. The summed E-state index contributed by atoms with van der Waals surface area (Å²) in [5.74, 6) is 0. The van der Waals surface area contributed by atoms with Gasteiger partial charge < -0.3 is 15.5 Å². The minimum atomic E-state index is 0.544. The topological polar surface area (TPSA) is 27.3 Å². The molecule has 1 aromatic carbocycles. The molecule has 1 atom stereocenters. The molecule has 3 heteroatoms. The zero-order valence-electron chi connectivity index (χ0n) is 9.46. The van der Waals surface area contributed by atoms with Crippen molar-refractivity contribution in [3.8, 4) is 0 Å². The molecule has 1 aromatic rings. The first-order valence-electron chi connectivity index (χ1n) is 5.50. The van der Waals surface area contributed by atoms with Gasteiger partial charge in [0.05, 0.1) is 11.4 Å². The van der Waals surface area contributed by atoms with Gasteiger partial charge in [0.1, 0.15) is 0 Å². The van der Waals surface area contributed by atoms with E-state index in [1.807, 2.05) is 0 Å². The van der Waals surface area contributed by atoms with Gasteiger partial charge in [-0.05, 0) is 39.2 Å². The average molecular weight is 205 g/mol. The zero-order valence-corrected chi connectivity index (χ0v) is 9.46. The first-order chi connectivity index (χ1) is 7.25. The van der Waals surface area contributed by atoms with Crippen LogP contribution in [0.15, 0.2) is 24.3 Å². The van der Waals surface area contributed by atoms with Crippen LogP contribution in [0.3, 0.4) is 0 Å². The second-order valence-corrected chi connectivity index (χ2v) is 4.36. The Bertz CT molecular complexity index is 322. The molecular formula is C12H19N3. The average Bonchev–Trinajstić information content (AvgIpc) is 2.26. The Morgan fingerprint density at radius 3 is 2.73 bits per heavy atom. The summed E-state index contributed by atoms with van der Waals surface area (Å²) >= 11 is 0. The van der Waals surface area contributed by atoms with Crippen LogP contribution in [0.25, 0.3) is 0 Å². The lowest BCUT2D eigenvalue weighted by molar-refractivity contribution is 0.388. The monoisotopic (exact) mass is 205 g/mol. The Kier molecular flexibility index (Phi) is 3.11. The quantitative estimate of drug-likeness (QED) is 0.788. The fourth-order valence-electron chi connectivity index (χ4n) is 1.86. The summed E-state index contributed by atoms with van der Waals surface area (Å²) < 4.78 is 0. The zero-order chi connectivity index (χ0) is 10.7. The van der Waals surface area contributed by atoms with Gasteiger partial charge in [0, 0.05) is 12.6 Å². The highest BCUT2D eigenvalue weighted by atomic mass is 15.1. The van der Waals surface area contributed by atoms with Crippen molar-refractivity contribution in [3.05, 3.63) is 24.3 Å². The molecule has 0 bridgehead atoms. The highest BCUT2D eigenvalue weighted by Gasteiger charge is 2.15. The molecule has 82 valence electrons. The fraction of sp³-hybridized carbons (Fsp3) is 0.500. The van der Waals surface area contributed by atoms with Gasteiger partial charge in [-0.2, -0.15) is 0 Å². The van der Waals surface area contributed by atoms with E-state index in [1.54, 1.807) is 0 Å². The van der Waals surface area contributed by atoms with Crippen LogP contribution in [-0.4, -0.2) is 38.1 Å². The number of hydrogen-bond donors (Lipinski definition) is 2. The van der Waals surface area contributed by atoms with Gasteiger partial charge >= 0.3 is 0 Å². The third kappa shape index (κ3) is 2.63. The number of nitrogens with one attached hydrogen (secondary N) is 2. The van der Waals surface area contributed by atoms with Crippen LogP contribution in [0.4, 0.5) is 11.4 Å². The SMILES string of the molecule is CN(C)CCC1CNc2ccccc2N1. The fourth-order valence-corrected chi connectivity index (χ4v) is 1.86. The molecule has 0 aromatic heterocycles. The van der Waals surface area contributed by atoms with Crippen LogP contribution in [0, 0.1) is 0 Å². The molecule has 1 aliphatic heterocycles. The third-order valence-corrected chi connectivity index (χ3v) is 2.75. The predicted molar refractivity (Wildman–Crippen MR) is 65.5 cm³/mol. The van der Waals surface area contributed by atoms with Gasteiger partial charge in [-0.15, -0.1) is 0 Å². The number of anilines is 2. The molecule has 0 radical (unpaired) electrons. The summed E-state index contributed by atoms with van der Waals surface area (Å²) in [7, 11) is 4.23. The first kappa shape index (κ1) is 10.3. The Morgan fingerprint density at radius 1 is 1.27 bits per heavy atom. The second-order valence-electron chi connectivity index (χ2n) is 4.36. The van der Waals surface area contributed by atoms with Crippen LogP contribution in [0.5, 0.6) is 0 Å². The highest BCUT2D eigenvalue weighted by molar-refractivity contribution is 5.70. The van der Waals surface area contributed by atoms with Gasteiger partial charge in [-0.1, -0.05) is 12.1 Å². The molecule has 2 N–H and O–H groups in total. The maximum atomic E-state index is 3.56. The summed E-state index contributed by atoms with van der Waals surface area (Å²) in [5.41, 5.74) is 2.45. The van der Waals surface area contributed by atoms with Gasteiger partial charge in [0.2, 0.25) is 0 Å². The Hall–Kier alpha value is -1.22. The van der Waals surface area contributed by atoms with E-state index in [-0.39, 0.29) is 0 Å². The van der Waals surface area contributed by atoms with E-state index in [4.69, 9.17) is 0 Å². The molecule has 0 saturated heterocycles. The molecule has 15 heavy (non-hydrogen) atoms. The number of fused-ring (bicyclic) bond motifs is 1. The van der Waals surface area contributed by atoms with Crippen LogP contribution in [-0.2, 0) is 0 Å². The van der Waals surface area contributed by atoms with Crippen LogP contribution >= 0.6 is 0 Å². The number of rotatable bonds is 3. The van der Waals surface area contributed by atoms with Crippen molar-refractivity contribution in [3.63, 3.8) is 0 Å². The normalized spacial score (nSPS) is 19.3. The number of nitrogens with zero attached hydrogens (tertiary/aromatic N) is 1. The summed E-state index contributed by atoms with van der Waals surface area (Å²) in [6.45, 7) is 2.15. The Balaban J connectivity index is 1.94. The molecule has 0 spiro atoms. The van der Waals surface area contributed by atoms with Crippen LogP contribution in [0.2, 0.25) is 0 Å². The van der Waals surface area contributed by atoms with Gasteiger partial charge in [0.25, 0.3) is 0 Å². The van der Waals surface area contributed by atoms with Crippen LogP contribution < -0.4 is 10.6 Å². The standard InChI is InChI=1S/C12H19N3/c1-15(2)8-7-10-9-13-11-5-3-4-6-12(11)14-10/h3-6,10,13-14H,7-9H2,1-2H3. The summed E-state index contributed by atoms with van der Waals surface area (Å²) in [4.78, 5) is 2.22. The molecule has 0 saturated carbocycles. The minimum Gasteiger partial charge on any atom is -0.381 e. The molecule has 0 amide bonds. The van der Waals surface area contributed by atoms with E-state index < -0.39 is 0 Å². The molecule has 1 heterocycles. The van der Waals surface area contributed by atoms with Crippen molar-refractivity contribution in [2.24, 2.45) is 0 Å². The molecule has 1 unspecified atom stereocenters. The maximum absolute atomic E-state index is 3.56. The van der Waals surface area contributed by atoms with Crippen molar-refractivity contribution in [2.45, 2.75) is 12.5 Å². The lowest BCUT2D eigenvalue weighted by Crippen LogP contribution is -2.35. The summed E-state index contributed by atoms with van der Waals surface area (Å²) in [6, 6.07) is 8.92. The second kappa shape index (κ2) is 4.53. The van der Waals surface area contributed by atoms with E-state index in [0.29, 0.717) is 6.04 Å². The lowest BCUT2D eigenvalue weighted by Gasteiger charge is -2.29. The molecule has 2 rings (SSSR count). The van der Waals surface area contributed by atoms with Crippen molar-refractivity contribution in [1.82, 2.24) is 4.90 Å². The van der Waals surface area contributed by atoms with Gasteiger partial charge in [-0.3, -0.25) is 0 Å². The van der Waals surface area contributed by atoms with E-state index in [2.05, 4.69) is 53.9 Å². The van der Waals surface area contributed by atoms with Crippen molar-refractivity contribution in [1.29, 1.82) is 0 Å². The molecule has 3 nitrogen and oxygen atoms in total. The van der Waals surface area contributed by atoms with E-state index >= 15 is 0 Å². The first-order valence-corrected chi connectivity index (χ1v) is 5.50. The van der Waals surface area contributed by atoms with E-state index in [0.717, 1.165) is 13.1 Å². The molecule has 1 aliphatic rings. The maximum Gasteiger partial charge on any atom is 0.0578 e. The van der Waals surface area contributed by atoms with E-state index in [1.165, 1.54) is 17.8 Å². The van der Waals surface area contributed by atoms with E-state index in [9.17, 15) is 0 Å². The predicted octanol–water partition coefficient (Wildman–Crippen LogP) is 1.84. The number of benzene rings is 1. The van der Waals surface area contributed by atoms with Crippen LogP contribution in [0.1, 0.15) is 6.42 Å². The molecule has 0 fully saturated rings. The highest BCUT2D eigenvalue weighted by Crippen LogP contribution is 2.25. The van der Waals surface area contributed by atoms with Crippen molar-refractivity contribution < 1.29 is 0 Å². The third-order valence-electron chi connectivity index (χ3n) is 2.75. The van der Waals surface area contributed by atoms with Gasteiger partial charge in [0.15, 0.2) is 0 Å². The number of para-hydroxylation sites is 2. The summed E-state index contributed by atoms with van der Waals surface area (Å²) in [6.07, 6.45) is 1.17.